The number of benzene rings is 2. The highest BCUT2D eigenvalue weighted by atomic mass is 35.5. The molecule has 0 aliphatic rings. The molecular formula is C22H16Cl2N4. The van der Waals surface area contributed by atoms with Gasteiger partial charge in [-0.05, 0) is 36.4 Å². The van der Waals surface area contributed by atoms with Crippen LogP contribution in [-0.4, -0.2) is 15.0 Å². The van der Waals surface area contributed by atoms with E-state index in [1.807, 2.05) is 66.7 Å². The van der Waals surface area contributed by atoms with Crippen LogP contribution in [0.4, 0.5) is 5.82 Å². The SMILES string of the molecule is Clc1ccc(-c2ncc(NCc3ccccn3)nc2-c2ccc(Cl)cc2)cc1. The van der Waals surface area contributed by atoms with E-state index in [2.05, 4.69) is 15.3 Å². The van der Waals surface area contributed by atoms with Crippen LogP contribution in [0.15, 0.2) is 79.1 Å². The molecule has 4 nitrogen and oxygen atoms in total. The molecule has 138 valence electrons. The topological polar surface area (TPSA) is 50.7 Å². The van der Waals surface area contributed by atoms with Crippen LogP contribution >= 0.6 is 23.2 Å². The van der Waals surface area contributed by atoms with Gasteiger partial charge < -0.3 is 5.32 Å². The summed E-state index contributed by atoms with van der Waals surface area (Å²) in [5.41, 5.74) is 4.35. The van der Waals surface area contributed by atoms with Gasteiger partial charge in [-0.2, -0.15) is 0 Å². The zero-order valence-corrected chi connectivity index (χ0v) is 16.3. The van der Waals surface area contributed by atoms with Crippen molar-refractivity contribution < 1.29 is 0 Å². The molecular weight excluding hydrogens is 391 g/mol. The molecule has 0 amide bonds. The van der Waals surface area contributed by atoms with E-state index in [-0.39, 0.29) is 0 Å². The first kappa shape index (κ1) is 18.4. The predicted molar refractivity (Wildman–Crippen MR) is 114 cm³/mol. The lowest BCUT2D eigenvalue weighted by atomic mass is 10.0. The minimum absolute atomic E-state index is 0.565. The highest BCUT2D eigenvalue weighted by Crippen LogP contribution is 2.31. The molecule has 0 atom stereocenters. The summed E-state index contributed by atoms with van der Waals surface area (Å²) in [5.74, 6) is 0.674. The van der Waals surface area contributed by atoms with Crippen molar-refractivity contribution in [2.75, 3.05) is 5.32 Å². The van der Waals surface area contributed by atoms with Crippen LogP contribution < -0.4 is 5.32 Å². The number of rotatable bonds is 5. The quantitative estimate of drug-likeness (QED) is 0.433. The lowest BCUT2D eigenvalue weighted by molar-refractivity contribution is 1.02. The van der Waals surface area contributed by atoms with Crippen LogP contribution in [0.25, 0.3) is 22.5 Å². The Kier molecular flexibility index (Phi) is 5.51. The molecule has 6 heteroatoms. The fourth-order valence-electron chi connectivity index (χ4n) is 2.79. The molecule has 0 unspecified atom stereocenters. The normalized spacial score (nSPS) is 10.6. The van der Waals surface area contributed by atoms with Crippen LogP contribution in [0.2, 0.25) is 10.0 Å². The third-order valence-electron chi connectivity index (χ3n) is 4.18. The predicted octanol–water partition coefficient (Wildman–Crippen LogP) is 6.12. The van der Waals surface area contributed by atoms with Gasteiger partial charge in [-0.15, -0.1) is 0 Å². The van der Waals surface area contributed by atoms with Crippen LogP contribution in [0, 0.1) is 0 Å². The van der Waals surface area contributed by atoms with E-state index in [9.17, 15) is 0 Å². The minimum atomic E-state index is 0.565. The summed E-state index contributed by atoms with van der Waals surface area (Å²) < 4.78 is 0. The molecule has 0 radical (unpaired) electrons. The highest BCUT2D eigenvalue weighted by Gasteiger charge is 2.12. The molecule has 0 aliphatic carbocycles. The summed E-state index contributed by atoms with van der Waals surface area (Å²) in [6.45, 7) is 0.565. The van der Waals surface area contributed by atoms with Crippen molar-refractivity contribution in [2.24, 2.45) is 0 Å². The summed E-state index contributed by atoms with van der Waals surface area (Å²) >= 11 is 12.1. The van der Waals surface area contributed by atoms with Crippen molar-refractivity contribution in [3.8, 4) is 22.5 Å². The van der Waals surface area contributed by atoms with E-state index in [0.29, 0.717) is 22.4 Å². The number of nitrogens with one attached hydrogen (secondary N) is 1. The Morgan fingerprint density at radius 2 is 1.36 bits per heavy atom. The largest absolute Gasteiger partial charge is 0.363 e. The maximum absolute atomic E-state index is 6.05. The molecule has 4 rings (SSSR count). The molecule has 0 bridgehead atoms. The first-order valence-corrected chi connectivity index (χ1v) is 9.47. The van der Waals surface area contributed by atoms with E-state index in [4.69, 9.17) is 28.2 Å². The molecule has 1 N–H and O–H groups in total. The Morgan fingerprint density at radius 1 is 0.714 bits per heavy atom. The fourth-order valence-corrected chi connectivity index (χ4v) is 3.04. The molecule has 2 aromatic carbocycles. The van der Waals surface area contributed by atoms with Gasteiger partial charge in [0.25, 0.3) is 0 Å². The third-order valence-corrected chi connectivity index (χ3v) is 4.69. The van der Waals surface area contributed by atoms with Crippen LogP contribution in [0.3, 0.4) is 0 Å². The summed E-state index contributed by atoms with van der Waals surface area (Å²) in [4.78, 5) is 13.8. The van der Waals surface area contributed by atoms with Gasteiger partial charge in [0.15, 0.2) is 0 Å². The number of anilines is 1. The van der Waals surface area contributed by atoms with E-state index in [1.54, 1.807) is 12.4 Å². The molecule has 0 saturated carbocycles. The van der Waals surface area contributed by atoms with Gasteiger partial charge in [-0.3, -0.25) is 9.97 Å². The summed E-state index contributed by atoms with van der Waals surface area (Å²) in [6, 6.07) is 20.9. The Labute approximate surface area is 173 Å². The van der Waals surface area contributed by atoms with Crippen molar-refractivity contribution in [1.82, 2.24) is 15.0 Å². The fraction of sp³-hybridized carbons (Fsp3) is 0.0455. The zero-order valence-electron chi connectivity index (χ0n) is 14.8. The van der Waals surface area contributed by atoms with E-state index < -0.39 is 0 Å². The second-order valence-corrected chi connectivity index (χ2v) is 7.01. The zero-order chi connectivity index (χ0) is 19.3. The Hall–Kier alpha value is -2.95. The van der Waals surface area contributed by atoms with Crippen molar-refractivity contribution in [1.29, 1.82) is 0 Å². The van der Waals surface area contributed by atoms with Gasteiger partial charge in [0.05, 0.1) is 29.8 Å². The monoisotopic (exact) mass is 406 g/mol. The number of halogens is 2. The number of aromatic nitrogens is 3. The second-order valence-electron chi connectivity index (χ2n) is 6.14. The lowest BCUT2D eigenvalue weighted by Crippen LogP contribution is -2.05. The van der Waals surface area contributed by atoms with Gasteiger partial charge in [0.2, 0.25) is 0 Å². The first-order chi connectivity index (χ1) is 13.7. The maximum Gasteiger partial charge on any atom is 0.145 e. The molecule has 4 aromatic rings. The van der Waals surface area contributed by atoms with Crippen molar-refractivity contribution in [3.63, 3.8) is 0 Å². The number of pyridine rings is 1. The highest BCUT2D eigenvalue weighted by molar-refractivity contribution is 6.31. The number of hydrogen-bond acceptors (Lipinski definition) is 4. The second kappa shape index (κ2) is 8.38. The van der Waals surface area contributed by atoms with Gasteiger partial charge in [-0.25, -0.2) is 4.98 Å². The summed E-state index contributed by atoms with van der Waals surface area (Å²) in [6.07, 6.45) is 3.50. The molecule has 28 heavy (non-hydrogen) atoms. The molecule has 0 aliphatic heterocycles. The standard InChI is InChI=1S/C22H16Cl2N4/c23-17-8-4-15(5-9-17)21-22(16-6-10-18(24)11-7-16)28-20(14-27-21)26-13-19-3-1-2-12-25-19/h1-12,14H,13H2,(H,26,28). The summed E-state index contributed by atoms with van der Waals surface area (Å²) in [5, 5.41) is 4.64. The van der Waals surface area contributed by atoms with Crippen molar-refractivity contribution in [2.45, 2.75) is 6.54 Å². The maximum atomic E-state index is 6.05. The van der Waals surface area contributed by atoms with E-state index >= 15 is 0 Å². The van der Waals surface area contributed by atoms with Crippen LogP contribution in [0.1, 0.15) is 5.69 Å². The Balaban J connectivity index is 1.71. The average Bonchev–Trinajstić information content (AvgIpc) is 2.74. The molecule has 0 saturated heterocycles. The van der Waals surface area contributed by atoms with Crippen molar-refractivity contribution >= 4 is 29.0 Å². The summed E-state index contributed by atoms with van der Waals surface area (Å²) in [7, 11) is 0. The van der Waals surface area contributed by atoms with Crippen LogP contribution in [-0.2, 0) is 6.54 Å². The lowest BCUT2D eigenvalue weighted by Gasteiger charge is -2.12. The van der Waals surface area contributed by atoms with Gasteiger partial charge in [-0.1, -0.05) is 53.5 Å². The van der Waals surface area contributed by atoms with E-state index in [0.717, 1.165) is 28.2 Å². The number of nitrogens with zero attached hydrogens (tertiary/aromatic N) is 3. The Bertz CT molecular complexity index is 1070. The average molecular weight is 407 g/mol. The molecule has 0 fully saturated rings. The molecule has 0 spiro atoms. The molecule has 2 heterocycles. The number of hydrogen-bond donors (Lipinski definition) is 1. The van der Waals surface area contributed by atoms with Gasteiger partial charge in [0.1, 0.15) is 5.82 Å². The van der Waals surface area contributed by atoms with Gasteiger partial charge >= 0.3 is 0 Å². The minimum Gasteiger partial charge on any atom is -0.363 e. The smallest absolute Gasteiger partial charge is 0.145 e. The first-order valence-electron chi connectivity index (χ1n) is 8.72. The molecule has 2 aromatic heterocycles. The Morgan fingerprint density at radius 3 is 1.96 bits per heavy atom. The van der Waals surface area contributed by atoms with Crippen LogP contribution in [0.5, 0.6) is 0 Å². The van der Waals surface area contributed by atoms with Crippen molar-refractivity contribution in [3.05, 3.63) is 94.9 Å². The van der Waals surface area contributed by atoms with Gasteiger partial charge in [0, 0.05) is 27.4 Å². The van der Waals surface area contributed by atoms with E-state index in [1.165, 1.54) is 0 Å². The third kappa shape index (κ3) is 4.30.